The van der Waals surface area contributed by atoms with Crippen molar-refractivity contribution >= 4 is 22.4 Å². The van der Waals surface area contributed by atoms with Crippen molar-refractivity contribution in [3.8, 4) is 39.8 Å². The molecule has 43 heavy (non-hydrogen) atoms. The van der Waals surface area contributed by atoms with Crippen LogP contribution >= 0.6 is 11.3 Å². The summed E-state index contributed by atoms with van der Waals surface area (Å²) < 4.78 is 15.3. The Morgan fingerprint density at radius 3 is 2.16 bits per heavy atom. The highest BCUT2D eigenvalue weighted by molar-refractivity contribution is 7.15. The van der Waals surface area contributed by atoms with Gasteiger partial charge in [0.2, 0.25) is 4.96 Å². The van der Waals surface area contributed by atoms with E-state index in [1.165, 1.54) is 15.9 Å². The van der Waals surface area contributed by atoms with Gasteiger partial charge in [0, 0.05) is 22.9 Å². The summed E-state index contributed by atoms with van der Waals surface area (Å²) in [6, 6.07) is 25.5. The van der Waals surface area contributed by atoms with Crippen LogP contribution in [0.5, 0.6) is 11.5 Å². The average molecular weight is 592 g/mol. The molecule has 0 radical (unpaired) electrons. The van der Waals surface area contributed by atoms with E-state index in [9.17, 15) is 4.79 Å². The molecule has 3 aromatic heterocycles. The van der Waals surface area contributed by atoms with Gasteiger partial charge in [-0.15, -0.1) is 5.10 Å². The second-order valence-corrected chi connectivity index (χ2v) is 11.2. The average Bonchev–Trinajstić information content (AvgIpc) is 3.74. The lowest BCUT2D eigenvalue weighted by molar-refractivity contribution is 0.306. The van der Waals surface area contributed by atoms with Crippen molar-refractivity contribution in [3.63, 3.8) is 0 Å². The first-order valence-corrected chi connectivity index (χ1v) is 15.5. The van der Waals surface area contributed by atoms with E-state index in [1.54, 1.807) is 0 Å². The van der Waals surface area contributed by atoms with Crippen molar-refractivity contribution in [3.05, 3.63) is 106 Å². The van der Waals surface area contributed by atoms with Crippen molar-refractivity contribution in [1.29, 1.82) is 0 Å². The van der Waals surface area contributed by atoms with Gasteiger partial charge in [-0.05, 0) is 79.6 Å². The third kappa shape index (κ3) is 6.36. The van der Waals surface area contributed by atoms with Crippen LogP contribution in [0.4, 0.5) is 0 Å². The monoisotopic (exact) mass is 591 g/mol. The summed E-state index contributed by atoms with van der Waals surface area (Å²) in [5, 5.41) is 9.43. The molecular weight excluding hydrogens is 558 g/mol. The van der Waals surface area contributed by atoms with Gasteiger partial charge >= 0.3 is 0 Å². The van der Waals surface area contributed by atoms with Gasteiger partial charge in [-0.3, -0.25) is 4.79 Å². The summed E-state index contributed by atoms with van der Waals surface area (Å²) in [4.78, 5) is 18.7. The number of benzene rings is 3. The Balaban J connectivity index is 1.32. The Kier molecular flexibility index (Phi) is 8.60. The van der Waals surface area contributed by atoms with Crippen molar-refractivity contribution in [2.75, 3.05) is 13.2 Å². The van der Waals surface area contributed by atoms with E-state index < -0.39 is 0 Å². The van der Waals surface area contributed by atoms with Gasteiger partial charge in [-0.25, -0.2) is 4.68 Å². The molecule has 0 unspecified atom stereocenters. The smallest absolute Gasteiger partial charge is 0.291 e. The molecule has 8 nitrogen and oxygen atoms in total. The molecule has 0 saturated heterocycles. The first-order chi connectivity index (χ1) is 21.1. The number of hydrogen-bond donors (Lipinski definition) is 0. The Hall–Kier alpha value is -4.76. The molecule has 0 aliphatic carbocycles. The summed E-state index contributed by atoms with van der Waals surface area (Å²) in [5.41, 5.74) is 4.07. The zero-order valence-corrected chi connectivity index (χ0v) is 25.1. The lowest BCUT2D eigenvalue weighted by atomic mass is 10.1. The maximum atomic E-state index is 13.4. The molecule has 0 bridgehead atoms. The standard InChI is InChI=1S/C34H33N5O3S/c1-3-5-9-21-42-29-18-14-25(15-19-29)32-35-34-39(37-32)33(40)30(43-34)22-26-23-38(27-10-7-6-8-11-27)36-31(26)24-12-16-28(17-13-24)41-20-4-2/h6-8,10-19,22-23H,3-5,9,20-21H2,1-2H3/b30-22+. The van der Waals surface area contributed by atoms with E-state index in [4.69, 9.17) is 14.6 Å². The van der Waals surface area contributed by atoms with Crippen LogP contribution in [0, 0.1) is 0 Å². The molecule has 3 heterocycles. The highest BCUT2D eigenvalue weighted by Gasteiger charge is 2.15. The topological polar surface area (TPSA) is 83.5 Å². The van der Waals surface area contributed by atoms with Gasteiger partial charge < -0.3 is 9.47 Å². The fourth-order valence-corrected chi connectivity index (χ4v) is 5.60. The fourth-order valence-electron chi connectivity index (χ4n) is 4.70. The minimum Gasteiger partial charge on any atom is -0.494 e. The highest BCUT2D eigenvalue weighted by Crippen LogP contribution is 2.27. The van der Waals surface area contributed by atoms with Crippen LogP contribution in [-0.4, -0.2) is 37.6 Å². The molecule has 0 fully saturated rings. The quantitative estimate of drug-likeness (QED) is 0.150. The van der Waals surface area contributed by atoms with Gasteiger partial charge in [0.15, 0.2) is 5.82 Å². The van der Waals surface area contributed by atoms with Crippen LogP contribution in [0.3, 0.4) is 0 Å². The molecule has 6 rings (SSSR count). The number of fused-ring (bicyclic) bond motifs is 1. The Labute approximate surface area is 253 Å². The second kappa shape index (κ2) is 13.0. The molecule has 0 spiro atoms. The number of para-hydroxylation sites is 1. The molecule has 9 heteroatoms. The number of ether oxygens (including phenoxy) is 2. The molecule has 0 saturated carbocycles. The van der Waals surface area contributed by atoms with E-state index in [2.05, 4.69) is 23.9 Å². The third-order valence-electron chi connectivity index (χ3n) is 6.96. The van der Waals surface area contributed by atoms with Gasteiger partial charge in [0.1, 0.15) is 17.2 Å². The fraction of sp³-hybridized carbons (Fsp3) is 0.235. The van der Waals surface area contributed by atoms with Gasteiger partial charge in [0.05, 0.1) is 23.4 Å². The molecular formula is C34H33N5O3S. The predicted molar refractivity (Wildman–Crippen MR) is 171 cm³/mol. The van der Waals surface area contributed by atoms with E-state index in [0.717, 1.165) is 65.3 Å². The van der Waals surface area contributed by atoms with E-state index >= 15 is 0 Å². The first kappa shape index (κ1) is 28.4. The predicted octanol–water partition coefficient (Wildman–Crippen LogP) is 6.58. The Morgan fingerprint density at radius 1 is 0.791 bits per heavy atom. The number of aromatic nitrogens is 5. The molecule has 0 aliphatic rings. The molecule has 0 N–H and O–H groups in total. The van der Waals surface area contributed by atoms with E-state index in [-0.39, 0.29) is 5.56 Å². The molecule has 3 aromatic carbocycles. The largest absolute Gasteiger partial charge is 0.494 e. The minimum atomic E-state index is -0.212. The van der Waals surface area contributed by atoms with Crippen LogP contribution in [0.1, 0.15) is 45.1 Å². The summed E-state index contributed by atoms with van der Waals surface area (Å²) in [5.74, 6) is 2.14. The van der Waals surface area contributed by atoms with Crippen LogP contribution in [0.25, 0.3) is 39.4 Å². The molecule has 0 amide bonds. The van der Waals surface area contributed by atoms with Crippen molar-refractivity contribution in [2.24, 2.45) is 0 Å². The minimum absolute atomic E-state index is 0.212. The van der Waals surface area contributed by atoms with Crippen molar-refractivity contribution in [2.45, 2.75) is 39.5 Å². The van der Waals surface area contributed by atoms with Crippen molar-refractivity contribution in [1.82, 2.24) is 24.4 Å². The van der Waals surface area contributed by atoms with E-state index in [0.29, 0.717) is 28.5 Å². The SMILES string of the molecule is CCCCCOc1ccc(-c2nc3s/c(=C/c4cn(-c5ccccc5)nc4-c4ccc(OCCC)cc4)c(=O)n3n2)cc1. The van der Waals surface area contributed by atoms with E-state index in [1.807, 2.05) is 95.8 Å². The number of nitrogens with zero attached hydrogens (tertiary/aromatic N) is 5. The number of unbranched alkanes of at least 4 members (excludes halogenated alkanes) is 2. The molecule has 6 aromatic rings. The number of rotatable bonds is 12. The van der Waals surface area contributed by atoms with Crippen LogP contribution in [0.15, 0.2) is 89.9 Å². The summed E-state index contributed by atoms with van der Waals surface area (Å²) >= 11 is 1.31. The number of thiazole rings is 1. The molecule has 218 valence electrons. The van der Waals surface area contributed by atoms with Gasteiger partial charge in [0.25, 0.3) is 5.56 Å². The zero-order valence-electron chi connectivity index (χ0n) is 24.3. The number of hydrogen-bond acceptors (Lipinski definition) is 7. The normalized spacial score (nSPS) is 11.8. The lowest BCUT2D eigenvalue weighted by Gasteiger charge is -2.05. The van der Waals surface area contributed by atoms with Crippen LogP contribution in [0.2, 0.25) is 0 Å². The highest BCUT2D eigenvalue weighted by atomic mass is 32.1. The van der Waals surface area contributed by atoms with Crippen LogP contribution in [-0.2, 0) is 0 Å². The zero-order chi connectivity index (χ0) is 29.6. The first-order valence-electron chi connectivity index (χ1n) is 14.7. The summed E-state index contributed by atoms with van der Waals surface area (Å²) in [7, 11) is 0. The Bertz CT molecular complexity index is 1910. The van der Waals surface area contributed by atoms with Crippen LogP contribution < -0.4 is 19.6 Å². The maximum absolute atomic E-state index is 13.4. The van der Waals surface area contributed by atoms with Crippen molar-refractivity contribution < 1.29 is 9.47 Å². The lowest BCUT2D eigenvalue weighted by Crippen LogP contribution is -2.23. The summed E-state index contributed by atoms with van der Waals surface area (Å²) in [6.07, 6.45) is 8.12. The molecule has 0 atom stereocenters. The second-order valence-electron chi connectivity index (χ2n) is 10.2. The maximum Gasteiger partial charge on any atom is 0.291 e. The molecule has 0 aliphatic heterocycles. The Morgan fingerprint density at radius 2 is 1.49 bits per heavy atom. The van der Waals surface area contributed by atoms with Gasteiger partial charge in [-0.1, -0.05) is 56.2 Å². The third-order valence-corrected chi connectivity index (χ3v) is 7.92. The summed E-state index contributed by atoms with van der Waals surface area (Å²) in [6.45, 7) is 5.63. The van der Waals surface area contributed by atoms with Gasteiger partial charge in [-0.2, -0.15) is 14.6 Å².